The van der Waals surface area contributed by atoms with E-state index in [9.17, 15) is 0 Å². The number of rotatable bonds is 6. The first-order valence-corrected chi connectivity index (χ1v) is 7.91. The van der Waals surface area contributed by atoms with Crippen LogP contribution in [-0.2, 0) is 12.2 Å². The number of aromatic nitrogens is 5. The van der Waals surface area contributed by atoms with Crippen molar-refractivity contribution < 1.29 is 4.42 Å². The Balaban J connectivity index is 1.58. The lowest BCUT2D eigenvalue weighted by Crippen LogP contribution is -1.82. The SMILES string of the molecule is CCc1nnc(CSc2n[nH]c(/C=C/c3ccccc3)n2)o1. The highest BCUT2D eigenvalue weighted by Gasteiger charge is 2.07. The van der Waals surface area contributed by atoms with Gasteiger partial charge >= 0.3 is 0 Å². The van der Waals surface area contributed by atoms with Gasteiger partial charge in [-0.25, -0.2) is 4.98 Å². The third-order valence-corrected chi connectivity index (χ3v) is 3.68. The van der Waals surface area contributed by atoms with Gasteiger partial charge in [-0.15, -0.1) is 15.3 Å². The van der Waals surface area contributed by atoms with Gasteiger partial charge in [-0.1, -0.05) is 55.1 Å². The van der Waals surface area contributed by atoms with E-state index in [0.717, 1.165) is 12.0 Å². The molecule has 6 nitrogen and oxygen atoms in total. The highest BCUT2D eigenvalue weighted by atomic mass is 32.2. The largest absolute Gasteiger partial charge is 0.424 e. The highest BCUT2D eigenvalue weighted by molar-refractivity contribution is 7.98. The second-order valence-electron chi connectivity index (χ2n) is 4.48. The molecule has 112 valence electrons. The Hall–Kier alpha value is -2.41. The van der Waals surface area contributed by atoms with Crippen LogP contribution < -0.4 is 0 Å². The third-order valence-electron chi connectivity index (χ3n) is 2.85. The van der Waals surface area contributed by atoms with E-state index < -0.39 is 0 Å². The van der Waals surface area contributed by atoms with Gasteiger partial charge in [-0.3, -0.25) is 5.10 Å². The minimum Gasteiger partial charge on any atom is -0.424 e. The van der Waals surface area contributed by atoms with E-state index in [1.807, 2.05) is 49.4 Å². The molecule has 22 heavy (non-hydrogen) atoms. The van der Waals surface area contributed by atoms with E-state index in [0.29, 0.717) is 28.5 Å². The maximum atomic E-state index is 5.44. The summed E-state index contributed by atoms with van der Waals surface area (Å²) < 4.78 is 5.44. The van der Waals surface area contributed by atoms with E-state index in [4.69, 9.17) is 4.42 Å². The Kier molecular flexibility index (Phi) is 4.65. The summed E-state index contributed by atoms with van der Waals surface area (Å²) in [6, 6.07) is 10.0. The Morgan fingerprint density at radius 2 is 1.95 bits per heavy atom. The Bertz CT molecular complexity index is 750. The fourth-order valence-electron chi connectivity index (χ4n) is 1.75. The molecule has 0 bridgehead atoms. The number of aryl methyl sites for hydroxylation is 1. The van der Waals surface area contributed by atoms with Crippen LogP contribution in [0.3, 0.4) is 0 Å². The van der Waals surface area contributed by atoms with Gasteiger partial charge in [0.05, 0.1) is 5.75 Å². The van der Waals surface area contributed by atoms with Crippen LogP contribution in [0.4, 0.5) is 0 Å². The predicted octanol–water partition coefficient (Wildman–Crippen LogP) is 3.21. The molecule has 0 aliphatic heterocycles. The van der Waals surface area contributed by atoms with Crippen LogP contribution in [0.5, 0.6) is 0 Å². The van der Waals surface area contributed by atoms with Gasteiger partial charge in [0.2, 0.25) is 16.9 Å². The van der Waals surface area contributed by atoms with Gasteiger partial charge < -0.3 is 4.42 Å². The molecule has 1 aromatic carbocycles. The number of hydrogen-bond donors (Lipinski definition) is 1. The minimum absolute atomic E-state index is 0.562. The lowest BCUT2D eigenvalue weighted by molar-refractivity contribution is 0.470. The molecule has 2 aromatic heterocycles. The maximum Gasteiger partial charge on any atom is 0.226 e. The summed E-state index contributed by atoms with van der Waals surface area (Å²) in [6.07, 6.45) is 4.63. The lowest BCUT2D eigenvalue weighted by Gasteiger charge is -1.90. The molecular formula is C15H15N5OS. The van der Waals surface area contributed by atoms with E-state index in [1.54, 1.807) is 0 Å². The molecule has 0 spiro atoms. The normalized spacial score (nSPS) is 11.3. The first-order valence-electron chi connectivity index (χ1n) is 6.93. The molecule has 0 aliphatic rings. The topological polar surface area (TPSA) is 80.5 Å². The van der Waals surface area contributed by atoms with Crippen molar-refractivity contribution in [1.29, 1.82) is 0 Å². The van der Waals surface area contributed by atoms with Gasteiger partial charge in [0.25, 0.3) is 0 Å². The number of H-pyrrole nitrogens is 1. The molecule has 7 heteroatoms. The zero-order valence-electron chi connectivity index (χ0n) is 12.1. The average Bonchev–Trinajstić information content (AvgIpc) is 3.21. The van der Waals surface area contributed by atoms with E-state index >= 15 is 0 Å². The van der Waals surface area contributed by atoms with E-state index in [-0.39, 0.29) is 0 Å². The molecule has 0 saturated heterocycles. The molecule has 0 aliphatic carbocycles. The number of thioether (sulfide) groups is 1. The number of nitrogens with zero attached hydrogens (tertiary/aromatic N) is 4. The summed E-state index contributed by atoms with van der Waals surface area (Å²) in [7, 11) is 0. The van der Waals surface area contributed by atoms with Crippen molar-refractivity contribution in [3.05, 3.63) is 53.5 Å². The smallest absolute Gasteiger partial charge is 0.226 e. The maximum absolute atomic E-state index is 5.44. The van der Waals surface area contributed by atoms with Crippen molar-refractivity contribution in [1.82, 2.24) is 25.4 Å². The van der Waals surface area contributed by atoms with Crippen molar-refractivity contribution in [2.75, 3.05) is 0 Å². The molecule has 3 aromatic rings. The molecule has 0 amide bonds. The van der Waals surface area contributed by atoms with Gasteiger partial charge in [0.1, 0.15) is 5.82 Å². The number of hydrogen-bond acceptors (Lipinski definition) is 6. The zero-order valence-corrected chi connectivity index (χ0v) is 12.9. The van der Waals surface area contributed by atoms with Crippen LogP contribution >= 0.6 is 11.8 Å². The van der Waals surface area contributed by atoms with Crippen LogP contribution in [0, 0.1) is 0 Å². The molecular weight excluding hydrogens is 298 g/mol. The molecule has 0 radical (unpaired) electrons. The number of benzene rings is 1. The Morgan fingerprint density at radius 3 is 2.73 bits per heavy atom. The molecule has 0 fully saturated rings. The van der Waals surface area contributed by atoms with E-state index in [2.05, 4.69) is 25.4 Å². The lowest BCUT2D eigenvalue weighted by atomic mass is 10.2. The van der Waals surface area contributed by atoms with Crippen molar-refractivity contribution >= 4 is 23.9 Å². The summed E-state index contributed by atoms with van der Waals surface area (Å²) >= 11 is 1.46. The summed E-state index contributed by atoms with van der Waals surface area (Å²) in [6.45, 7) is 1.98. The molecule has 3 rings (SSSR count). The first-order chi connectivity index (χ1) is 10.8. The minimum atomic E-state index is 0.562. The Morgan fingerprint density at radius 1 is 1.14 bits per heavy atom. The third kappa shape index (κ3) is 3.82. The summed E-state index contributed by atoms with van der Waals surface area (Å²) in [5.74, 6) is 2.52. The average molecular weight is 313 g/mol. The van der Waals surface area contributed by atoms with Crippen molar-refractivity contribution in [2.24, 2.45) is 0 Å². The van der Waals surface area contributed by atoms with E-state index in [1.165, 1.54) is 11.8 Å². The summed E-state index contributed by atoms with van der Waals surface area (Å²) in [5.41, 5.74) is 1.12. The standard InChI is InChI=1S/C15H15N5OS/c1-2-13-18-19-14(21-13)10-22-15-16-12(17-20-15)9-8-11-6-4-3-5-7-11/h3-9H,2,10H2,1H3,(H,16,17,20)/b9-8+. The molecule has 2 heterocycles. The zero-order chi connectivity index (χ0) is 15.2. The van der Waals surface area contributed by atoms with Crippen molar-refractivity contribution in [3.8, 4) is 0 Å². The van der Waals surface area contributed by atoms with Gasteiger partial charge in [-0.05, 0) is 11.6 Å². The van der Waals surface area contributed by atoms with Crippen molar-refractivity contribution in [3.63, 3.8) is 0 Å². The Labute approximate surface area is 132 Å². The highest BCUT2D eigenvalue weighted by Crippen LogP contribution is 2.18. The monoisotopic (exact) mass is 313 g/mol. The first kappa shape index (κ1) is 14.5. The van der Waals surface area contributed by atoms with Crippen LogP contribution in [-0.4, -0.2) is 25.4 Å². The summed E-state index contributed by atoms with van der Waals surface area (Å²) in [5, 5.41) is 15.6. The molecule has 0 unspecified atom stereocenters. The molecule has 1 N–H and O–H groups in total. The van der Waals surface area contributed by atoms with Crippen LogP contribution in [0.15, 0.2) is 39.9 Å². The molecule has 0 atom stereocenters. The van der Waals surface area contributed by atoms with Gasteiger partial charge in [0.15, 0.2) is 0 Å². The number of nitrogens with one attached hydrogen (secondary N) is 1. The van der Waals surface area contributed by atoms with Crippen LogP contribution in [0.25, 0.3) is 12.2 Å². The number of aromatic amines is 1. The quantitative estimate of drug-likeness (QED) is 0.704. The molecule has 0 saturated carbocycles. The van der Waals surface area contributed by atoms with Gasteiger partial charge in [0, 0.05) is 6.42 Å². The van der Waals surface area contributed by atoms with Crippen LogP contribution in [0.1, 0.15) is 30.1 Å². The van der Waals surface area contributed by atoms with Crippen molar-refractivity contribution in [2.45, 2.75) is 24.3 Å². The summed E-state index contributed by atoms with van der Waals surface area (Å²) in [4.78, 5) is 4.39. The predicted molar refractivity (Wildman–Crippen MR) is 85.0 cm³/mol. The fourth-order valence-corrected chi connectivity index (χ4v) is 2.39. The van der Waals surface area contributed by atoms with Crippen LogP contribution in [0.2, 0.25) is 0 Å². The second-order valence-corrected chi connectivity index (χ2v) is 5.42. The fraction of sp³-hybridized carbons (Fsp3) is 0.200. The van der Waals surface area contributed by atoms with Gasteiger partial charge in [-0.2, -0.15) is 0 Å². The second kappa shape index (κ2) is 7.04.